The van der Waals surface area contributed by atoms with E-state index in [1.807, 2.05) is 6.92 Å². The van der Waals surface area contributed by atoms with Crippen molar-refractivity contribution in [2.24, 2.45) is 5.92 Å². The van der Waals surface area contributed by atoms with Gasteiger partial charge in [0.05, 0.1) is 11.8 Å². The van der Waals surface area contributed by atoms with Gasteiger partial charge in [-0.3, -0.25) is 4.79 Å². The predicted octanol–water partition coefficient (Wildman–Crippen LogP) is 3.51. The van der Waals surface area contributed by atoms with E-state index in [0.29, 0.717) is 11.7 Å². The molecule has 0 heterocycles. The van der Waals surface area contributed by atoms with Crippen LogP contribution in [-0.2, 0) is 4.79 Å². The van der Waals surface area contributed by atoms with Gasteiger partial charge in [-0.15, -0.1) is 11.8 Å². The zero-order chi connectivity index (χ0) is 15.6. The summed E-state index contributed by atoms with van der Waals surface area (Å²) < 4.78 is 0. The van der Waals surface area contributed by atoms with Gasteiger partial charge in [0.15, 0.2) is 0 Å². The normalized spacial score (nSPS) is 16.9. The van der Waals surface area contributed by atoms with Crippen LogP contribution in [-0.4, -0.2) is 17.2 Å². The Bertz CT molecular complexity index is 578. The number of nitriles is 1. The van der Waals surface area contributed by atoms with Crippen molar-refractivity contribution in [3.63, 3.8) is 0 Å². The molecular formula is C17H22N2OS. The SMILES string of the molecule is Cc1cc(C)c(SCC(=O)NC(C)(C#N)C2CC2)c(C)c1. The van der Waals surface area contributed by atoms with E-state index in [-0.39, 0.29) is 5.91 Å². The smallest absolute Gasteiger partial charge is 0.231 e. The quantitative estimate of drug-likeness (QED) is 0.847. The Labute approximate surface area is 131 Å². The molecule has 1 aliphatic rings. The molecular weight excluding hydrogens is 280 g/mol. The third-order valence-corrected chi connectivity index (χ3v) is 5.32. The third kappa shape index (κ3) is 3.79. The Kier molecular flexibility index (Phi) is 4.63. The molecule has 0 spiro atoms. The molecule has 0 aliphatic heterocycles. The van der Waals surface area contributed by atoms with Crippen LogP contribution in [0.5, 0.6) is 0 Å². The van der Waals surface area contributed by atoms with Gasteiger partial charge in [0.2, 0.25) is 5.91 Å². The molecule has 0 saturated heterocycles. The Hall–Kier alpha value is -1.47. The average Bonchev–Trinajstić information content (AvgIpc) is 3.21. The number of nitrogens with zero attached hydrogens (tertiary/aromatic N) is 1. The minimum absolute atomic E-state index is 0.0599. The van der Waals surface area contributed by atoms with Crippen LogP contribution in [0.1, 0.15) is 36.5 Å². The Morgan fingerprint density at radius 1 is 1.38 bits per heavy atom. The molecule has 0 bridgehead atoms. The van der Waals surface area contributed by atoms with E-state index in [4.69, 9.17) is 0 Å². The molecule has 112 valence electrons. The lowest BCUT2D eigenvalue weighted by Crippen LogP contribution is -2.47. The molecule has 21 heavy (non-hydrogen) atoms. The molecule has 1 fully saturated rings. The number of rotatable bonds is 5. The number of benzene rings is 1. The van der Waals surface area contributed by atoms with Gasteiger partial charge in [0.1, 0.15) is 5.54 Å². The maximum absolute atomic E-state index is 12.1. The first-order valence-corrected chi connectivity index (χ1v) is 8.27. The number of hydrogen-bond donors (Lipinski definition) is 1. The summed E-state index contributed by atoms with van der Waals surface area (Å²) in [5.41, 5.74) is 2.95. The molecule has 1 atom stereocenters. The van der Waals surface area contributed by atoms with Crippen molar-refractivity contribution < 1.29 is 4.79 Å². The van der Waals surface area contributed by atoms with Crippen LogP contribution >= 0.6 is 11.8 Å². The highest BCUT2D eigenvalue weighted by molar-refractivity contribution is 8.00. The van der Waals surface area contributed by atoms with E-state index in [1.165, 1.54) is 21.6 Å². The van der Waals surface area contributed by atoms with Crippen molar-refractivity contribution in [1.29, 1.82) is 5.26 Å². The van der Waals surface area contributed by atoms with E-state index in [1.54, 1.807) is 11.8 Å². The van der Waals surface area contributed by atoms with Gasteiger partial charge in [0, 0.05) is 4.90 Å². The van der Waals surface area contributed by atoms with Crippen molar-refractivity contribution in [3.8, 4) is 6.07 Å². The van der Waals surface area contributed by atoms with Crippen molar-refractivity contribution in [3.05, 3.63) is 28.8 Å². The molecule has 1 aromatic carbocycles. The summed E-state index contributed by atoms with van der Waals surface area (Å²) in [6.45, 7) is 8.05. The first kappa shape index (κ1) is 15.9. The number of amides is 1. The summed E-state index contributed by atoms with van der Waals surface area (Å²) in [6, 6.07) is 6.53. The number of hydrogen-bond acceptors (Lipinski definition) is 3. The molecule has 0 radical (unpaired) electrons. The number of thioether (sulfide) groups is 1. The van der Waals surface area contributed by atoms with Crippen LogP contribution < -0.4 is 5.32 Å². The van der Waals surface area contributed by atoms with Gasteiger partial charge in [-0.2, -0.15) is 5.26 Å². The van der Waals surface area contributed by atoms with E-state index in [9.17, 15) is 10.1 Å². The summed E-state index contributed by atoms with van der Waals surface area (Å²) in [5, 5.41) is 12.2. The molecule has 1 unspecified atom stereocenters. The van der Waals surface area contributed by atoms with Crippen molar-refractivity contribution >= 4 is 17.7 Å². The second-order valence-electron chi connectivity index (χ2n) is 6.15. The maximum Gasteiger partial charge on any atom is 0.231 e. The van der Waals surface area contributed by atoms with E-state index in [2.05, 4.69) is 44.3 Å². The second kappa shape index (κ2) is 6.11. The fraction of sp³-hybridized carbons (Fsp3) is 0.529. The Morgan fingerprint density at radius 3 is 2.43 bits per heavy atom. The largest absolute Gasteiger partial charge is 0.337 e. The van der Waals surface area contributed by atoms with Crippen molar-refractivity contribution in [1.82, 2.24) is 5.32 Å². The molecule has 4 heteroatoms. The van der Waals surface area contributed by atoms with Crippen LogP contribution in [0.4, 0.5) is 0 Å². The maximum atomic E-state index is 12.1. The third-order valence-electron chi connectivity index (χ3n) is 3.98. The highest BCUT2D eigenvalue weighted by Gasteiger charge is 2.42. The number of carbonyl (C=O) groups is 1. The molecule has 2 rings (SSSR count). The van der Waals surface area contributed by atoms with Gasteiger partial charge in [-0.1, -0.05) is 17.7 Å². The number of aryl methyl sites for hydroxylation is 3. The van der Waals surface area contributed by atoms with E-state index >= 15 is 0 Å². The van der Waals surface area contributed by atoms with Crippen LogP contribution in [0, 0.1) is 38.0 Å². The summed E-state index contributed by atoms with van der Waals surface area (Å²) >= 11 is 1.55. The lowest BCUT2D eigenvalue weighted by atomic mass is 9.98. The van der Waals surface area contributed by atoms with E-state index < -0.39 is 5.54 Å². The summed E-state index contributed by atoms with van der Waals surface area (Å²) in [4.78, 5) is 13.3. The standard InChI is InChI=1S/C17H22N2OS/c1-11-7-12(2)16(13(3)8-11)21-9-15(20)19-17(4,10-18)14-5-6-14/h7-8,14H,5-6,9H2,1-4H3,(H,19,20). The Balaban J connectivity index is 1.97. The van der Waals surface area contributed by atoms with Gasteiger partial charge < -0.3 is 5.32 Å². The number of nitrogens with one attached hydrogen (secondary N) is 1. The molecule has 1 N–H and O–H groups in total. The van der Waals surface area contributed by atoms with Gasteiger partial charge in [-0.25, -0.2) is 0 Å². The first-order valence-electron chi connectivity index (χ1n) is 7.28. The van der Waals surface area contributed by atoms with Gasteiger partial charge in [-0.05, 0) is 57.6 Å². The minimum Gasteiger partial charge on any atom is -0.337 e. The average molecular weight is 302 g/mol. The van der Waals surface area contributed by atoms with Crippen LogP contribution in [0.25, 0.3) is 0 Å². The molecule has 0 aromatic heterocycles. The van der Waals surface area contributed by atoms with E-state index in [0.717, 1.165) is 12.8 Å². The molecule has 1 saturated carbocycles. The minimum atomic E-state index is -0.699. The van der Waals surface area contributed by atoms with Crippen molar-refractivity contribution in [2.75, 3.05) is 5.75 Å². The summed E-state index contributed by atoms with van der Waals surface area (Å²) in [7, 11) is 0. The monoisotopic (exact) mass is 302 g/mol. The highest BCUT2D eigenvalue weighted by atomic mass is 32.2. The summed E-state index contributed by atoms with van der Waals surface area (Å²) in [6.07, 6.45) is 2.07. The molecule has 1 aliphatic carbocycles. The van der Waals surface area contributed by atoms with Crippen LogP contribution in [0.3, 0.4) is 0 Å². The van der Waals surface area contributed by atoms with Gasteiger partial charge in [0.25, 0.3) is 0 Å². The fourth-order valence-corrected chi connectivity index (χ4v) is 3.66. The van der Waals surface area contributed by atoms with Crippen LogP contribution in [0.2, 0.25) is 0 Å². The highest BCUT2D eigenvalue weighted by Crippen LogP contribution is 2.39. The fourth-order valence-electron chi connectivity index (χ4n) is 2.74. The second-order valence-corrected chi connectivity index (χ2v) is 7.14. The molecule has 1 amide bonds. The lowest BCUT2D eigenvalue weighted by molar-refractivity contribution is -0.119. The molecule has 1 aromatic rings. The number of carbonyl (C=O) groups excluding carboxylic acids is 1. The summed E-state index contributed by atoms with van der Waals surface area (Å²) in [5.74, 6) is 0.615. The lowest BCUT2D eigenvalue weighted by Gasteiger charge is -2.23. The zero-order valence-electron chi connectivity index (χ0n) is 13.1. The topological polar surface area (TPSA) is 52.9 Å². The first-order chi connectivity index (χ1) is 9.85. The van der Waals surface area contributed by atoms with Crippen LogP contribution in [0.15, 0.2) is 17.0 Å². The Morgan fingerprint density at radius 2 is 1.95 bits per heavy atom. The molecule has 3 nitrogen and oxygen atoms in total. The predicted molar refractivity (Wildman–Crippen MR) is 86.3 cm³/mol. The van der Waals surface area contributed by atoms with Gasteiger partial charge >= 0.3 is 0 Å². The van der Waals surface area contributed by atoms with Crippen molar-refractivity contribution in [2.45, 2.75) is 51.0 Å². The zero-order valence-corrected chi connectivity index (χ0v) is 13.9.